The highest BCUT2D eigenvalue weighted by Crippen LogP contribution is 2.20. The fraction of sp³-hybridized carbons (Fsp3) is 0. The summed E-state index contributed by atoms with van der Waals surface area (Å²) in [5.41, 5.74) is 0.660. The lowest BCUT2D eigenvalue weighted by atomic mass is 10.1. The Balaban J connectivity index is 1.72. The molecule has 0 saturated heterocycles. The van der Waals surface area contributed by atoms with Crippen LogP contribution in [0.3, 0.4) is 0 Å². The van der Waals surface area contributed by atoms with Crippen molar-refractivity contribution in [3.05, 3.63) is 84.1 Å². The van der Waals surface area contributed by atoms with E-state index in [4.69, 9.17) is 9.84 Å². The smallest absolute Gasteiger partial charge is 0.337 e. The molecule has 0 aliphatic rings. The molecular formula is C19H14N2O4. The van der Waals surface area contributed by atoms with Gasteiger partial charge < -0.3 is 15.2 Å². The van der Waals surface area contributed by atoms with Gasteiger partial charge in [-0.05, 0) is 42.5 Å². The number of carboxylic acids is 1. The molecule has 0 bridgehead atoms. The van der Waals surface area contributed by atoms with E-state index in [1.165, 1.54) is 6.07 Å². The zero-order chi connectivity index (χ0) is 17.6. The lowest BCUT2D eigenvalue weighted by molar-refractivity contribution is 0.0698. The number of anilines is 1. The summed E-state index contributed by atoms with van der Waals surface area (Å²) in [5, 5.41) is 11.8. The Morgan fingerprint density at radius 1 is 0.920 bits per heavy atom. The number of aromatic nitrogens is 1. The number of nitrogens with one attached hydrogen (secondary N) is 1. The number of amides is 1. The monoisotopic (exact) mass is 334 g/mol. The van der Waals surface area contributed by atoms with E-state index in [0.717, 1.165) is 0 Å². The fourth-order valence-corrected chi connectivity index (χ4v) is 2.18. The Morgan fingerprint density at radius 3 is 2.32 bits per heavy atom. The van der Waals surface area contributed by atoms with Gasteiger partial charge in [0, 0.05) is 17.8 Å². The molecule has 3 rings (SSSR count). The van der Waals surface area contributed by atoms with Crippen LogP contribution in [-0.2, 0) is 0 Å². The second-order valence-corrected chi connectivity index (χ2v) is 5.10. The Kier molecular flexibility index (Phi) is 4.71. The van der Waals surface area contributed by atoms with E-state index in [9.17, 15) is 9.59 Å². The quantitative estimate of drug-likeness (QED) is 0.740. The van der Waals surface area contributed by atoms with E-state index >= 15 is 0 Å². The molecule has 2 aromatic carbocycles. The molecule has 2 N–H and O–H groups in total. The van der Waals surface area contributed by atoms with E-state index in [1.54, 1.807) is 60.8 Å². The molecule has 0 radical (unpaired) electrons. The van der Waals surface area contributed by atoms with Gasteiger partial charge in [0.25, 0.3) is 5.91 Å². The molecule has 3 aromatic rings. The molecular weight excluding hydrogens is 320 g/mol. The first-order valence-corrected chi connectivity index (χ1v) is 7.46. The largest absolute Gasteiger partial charge is 0.478 e. The zero-order valence-corrected chi connectivity index (χ0v) is 13.0. The number of rotatable bonds is 5. The molecule has 1 aromatic heterocycles. The number of hydrogen-bond acceptors (Lipinski definition) is 4. The lowest BCUT2D eigenvalue weighted by Gasteiger charge is -2.09. The summed E-state index contributed by atoms with van der Waals surface area (Å²) in [6, 6.07) is 18.0. The van der Waals surface area contributed by atoms with Gasteiger partial charge in [0.15, 0.2) is 0 Å². The number of carboxylic acid groups (broad SMARTS) is 1. The van der Waals surface area contributed by atoms with Crippen LogP contribution in [0.25, 0.3) is 0 Å². The molecule has 0 aliphatic carbocycles. The standard InChI is InChI=1S/C19H14N2O4/c22-18(21-16-6-2-1-5-15(16)19(23)24)13-8-10-14(11-9-13)25-17-7-3-4-12-20-17/h1-12H,(H,21,22)(H,23,24). The highest BCUT2D eigenvalue weighted by molar-refractivity contribution is 6.07. The molecule has 1 heterocycles. The first kappa shape index (κ1) is 16.2. The van der Waals surface area contributed by atoms with Crippen molar-refractivity contribution in [3.8, 4) is 11.6 Å². The second-order valence-electron chi connectivity index (χ2n) is 5.10. The van der Waals surface area contributed by atoms with Crippen molar-refractivity contribution in [3.63, 3.8) is 0 Å². The highest BCUT2D eigenvalue weighted by Gasteiger charge is 2.13. The summed E-state index contributed by atoms with van der Waals surface area (Å²) < 4.78 is 5.56. The highest BCUT2D eigenvalue weighted by atomic mass is 16.5. The number of para-hydroxylation sites is 1. The molecule has 124 valence electrons. The first-order chi connectivity index (χ1) is 12.1. The minimum absolute atomic E-state index is 0.0333. The van der Waals surface area contributed by atoms with Crippen LogP contribution in [0.15, 0.2) is 72.9 Å². The van der Waals surface area contributed by atoms with Crippen molar-refractivity contribution in [2.45, 2.75) is 0 Å². The summed E-state index contributed by atoms with van der Waals surface area (Å²) in [4.78, 5) is 27.5. The average Bonchev–Trinajstić information content (AvgIpc) is 2.63. The molecule has 0 aliphatic heterocycles. The number of benzene rings is 2. The number of hydrogen-bond donors (Lipinski definition) is 2. The maximum absolute atomic E-state index is 12.3. The van der Waals surface area contributed by atoms with Gasteiger partial charge in [0.05, 0.1) is 11.3 Å². The summed E-state index contributed by atoms with van der Waals surface area (Å²) in [6.45, 7) is 0. The minimum Gasteiger partial charge on any atom is -0.478 e. The van der Waals surface area contributed by atoms with E-state index in [-0.39, 0.29) is 11.3 Å². The van der Waals surface area contributed by atoms with Crippen LogP contribution in [0.4, 0.5) is 5.69 Å². The normalized spacial score (nSPS) is 10.1. The molecule has 0 saturated carbocycles. The van der Waals surface area contributed by atoms with E-state index in [2.05, 4.69) is 10.3 Å². The van der Waals surface area contributed by atoms with Crippen LogP contribution in [-0.4, -0.2) is 22.0 Å². The molecule has 0 spiro atoms. The third-order valence-electron chi connectivity index (χ3n) is 3.38. The maximum Gasteiger partial charge on any atom is 0.337 e. The lowest BCUT2D eigenvalue weighted by Crippen LogP contribution is -2.14. The number of aromatic carboxylic acids is 1. The number of carbonyl (C=O) groups excluding carboxylic acids is 1. The summed E-state index contributed by atoms with van der Waals surface area (Å²) in [7, 11) is 0. The molecule has 0 fully saturated rings. The van der Waals surface area contributed by atoms with E-state index in [1.807, 2.05) is 6.07 Å². The van der Waals surface area contributed by atoms with Crippen LogP contribution in [0.1, 0.15) is 20.7 Å². The average molecular weight is 334 g/mol. The minimum atomic E-state index is -1.10. The van der Waals surface area contributed by atoms with Gasteiger partial charge in [-0.25, -0.2) is 9.78 Å². The van der Waals surface area contributed by atoms with Gasteiger partial charge in [-0.1, -0.05) is 18.2 Å². The number of nitrogens with zero attached hydrogens (tertiary/aromatic N) is 1. The third kappa shape index (κ3) is 4.00. The van der Waals surface area contributed by atoms with Crippen LogP contribution in [0.5, 0.6) is 11.6 Å². The Labute approximate surface area is 143 Å². The van der Waals surface area contributed by atoms with Crippen molar-refractivity contribution in [2.24, 2.45) is 0 Å². The topological polar surface area (TPSA) is 88.5 Å². The van der Waals surface area contributed by atoms with Gasteiger partial charge >= 0.3 is 5.97 Å². The predicted molar refractivity (Wildman–Crippen MR) is 92.1 cm³/mol. The van der Waals surface area contributed by atoms with Crippen molar-refractivity contribution >= 4 is 17.6 Å². The number of ether oxygens (including phenoxy) is 1. The van der Waals surface area contributed by atoms with Gasteiger partial charge in [-0.2, -0.15) is 0 Å². The molecule has 0 atom stereocenters. The van der Waals surface area contributed by atoms with Gasteiger partial charge in [-0.3, -0.25) is 4.79 Å². The van der Waals surface area contributed by atoms with Crippen molar-refractivity contribution in [1.29, 1.82) is 0 Å². The Hall–Kier alpha value is -3.67. The number of pyridine rings is 1. The van der Waals surface area contributed by atoms with Gasteiger partial charge in [0.1, 0.15) is 5.75 Å². The zero-order valence-electron chi connectivity index (χ0n) is 13.0. The summed E-state index contributed by atoms with van der Waals surface area (Å²) >= 11 is 0. The molecule has 6 nitrogen and oxygen atoms in total. The summed E-state index contributed by atoms with van der Waals surface area (Å²) in [5.74, 6) is -0.510. The Morgan fingerprint density at radius 2 is 1.64 bits per heavy atom. The first-order valence-electron chi connectivity index (χ1n) is 7.46. The Bertz CT molecular complexity index is 893. The van der Waals surface area contributed by atoms with Crippen LogP contribution in [0, 0.1) is 0 Å². The van der Waals surface area contributed by atoms with Crippen molar-refractivity contribution in [2.75, 3.05) is 5.32 Å². The van der Waals surface area contributed by atoms with Crippen molar-refractivity contribution in [1.82, 2.24) is 4.98 Å². The van der Waals surface area contributed by atoms with Gasteiger partial charge in [-0.15, -0.1) is 0 Å². The van der Waals surface area contributed by atoms with E-state index < -0.39 is 11.9 Å². The third-order valence-corrected chi connectivity index (χ3v) is 3.38. The van der Waals surface area contributed by atoms with Crippen molar-refractivity contribution < 1.29 is 19.4 Å². The molecule has 0 unspecified atom stereocenters. The van der Waals surface area contributed by atoms with Gasteiger partial charge in [0.2, 0.25) is 5.88 Å². The predicted octanol–water partition coefficient (Wildman–Crippen LogP) is 3.82. The summed E-state index contributed by atoms with van der Waals surface area (Å²) in [6.07, 6.45) is 1.62. The van der Waals surface area contributed by atoms with E-state index in [0.29, 0.717) is 17.2 Å². The van der Waals surface area contributed by atoms with Crippen LogP contribution >= 0.6 is 0 Å². The second kappa shape index (κ2) is 7.27. The maximum atomic E-state index is 12.3. The molecule has 6 heteroatoms. The fourth-order valence-electron chi connectivity index (χ4n) is 2.18. The van der Waals surface area contributed by atoms with Crippen LogP contribution < -0.4 is 10.1 Å². The molecule has 25 heavy (non-hydrogen) atoms. The van der Waals surface area contributed by atoms with Crippen LogP contribution in [0.2, 0.25) is 0 Å². The number of carbonyl (C=O) groups is 2. The SMILES string of the molecule is O=C(Nc1ccccc1C(=O)O)c1ccc(Oc2ccccn2)cc1. The molecule has 1 amide bonds.